The molecular formula is C32H41N3O6S. The van der Waals surface area contributed by atoms with Crippen molar-refractivity contribution in [1.29, 1.82) is 0 Å². The zero-order valence-corrected chi connectivity index (χ0v) is 26.2. The molecule has 0 saturated heterocycles. The third kappa shape index (κ3) is 7.61. The van der Waals surface area contributed by atoms with Gasteiger partial charge in [-0.25, -0.2) is 8.42 Å². The van der Waals surface area contributed by atoms with Gasteiger partial charge in [0.1, 0.15) is 24.1 Å². The molecule has 0 heterocycles. The molecule has 0 spiro atoms. The van der Waals surface area contributed by atoms with Gasteiger partial charge >= 0.3 is 0 Å². The van der Waals surface area contributed by atoms with Crippen LogP contribution in [0.3, 0.4) is 0 Å². The molecule has 0 radical (unpaired) electrons. The predicted octanol–water partition coefficient (Wildman–Crippen LogP) is 4.85. The van der Waals surface area contributed by atoms with Crippen LogP contribution in [-0.4, -0.2) is 58.0 Å². The molecule has 42 heavy (non-hydrogen) atoms. The fourth-order valence-corrected chi connectivity index (χ4v) is 5.78. The fourth-order valence-electron chi connectivity index (χ4n) is 4.36. The van der Waals surface area contributed by atoms with Gasteiger partial charge in [-0.2, -0.15) is 0 Å². The van der Waals surface area contributed by atoms with Crippen LogP contribution in [-0.2, 0) is 26.2 Å². The van der Waals surface area contributed by atoms with Gasteiger partial charge < -0.3 is 19.7 Å². The second-order valence-electron chi connectivity index (χ2n) is 10.3. The van der Waals surface area contributed by atoms with E-state index in [0.717, 1.165) is 27.4 Å². The molecule has 3 aromatic carbocycles. The molecule has 0 fully saturated rings. The summed E-state index contributed by atoms with van der Waals surface area (Å²) in [6.07, 6.45) is 0.725. The van der Waals surface area contributed by atoms with Crippen molar-refractivity contribution in [2.24, 2.45) is 0 Å². The van der Waals surface area contributed by atoms with Crippen LogP contribution in [0.5, 0.6) is 11.5 Å². The Labute approximate surface area is 249 Å². The van der Waals surface area contributed by atoms with E-state index < -0.39 is 28.5 Å². The van der Waals surface area contributed by atoms with Crippen molar-refractivity contribution in [2.75, 3.05) is 25.1 Å². The second-order valence-corrected chi connectivity index (χ2v) is 12.2. The topological polar surface area (TPSA) is 105 Å². The molecule has 2 unspecified atom stereocenters. The number of methoxy groups -OCH3 is 2. The molecule has 10 heteroatoms. The van der Waals surface area contributed by atoms with Crippen molar-refractivity contribution in [1.82, 2.24) is 10.2 Å². The summed E-state index contributed by atoms with van der Waals surface area (Å²) in [5, 5.41) is 2.94. The molecule has 2 amide bonds. The monoisotopic (exact) mass is 595 g/mol. The van der Waals surface area contributed by atoms with Gasteiger partial charge in [-0.05, 0) is 69.5 Å². The molecule has 0 aliphatic carbocycles. The number of carbonyl (C=O) groups is 2. The molecule has 0 aliphatic heterocycles. The van der Waals surface area contributed by atoms with Crippen molar-refractivity contribution < 1.29 is 27.5 Å². The Bertz CT molecular complexity index is 1490. The minimum Gasteiger partial charge on any atom is -0.497 e. The summed E-state index contributed by atoms with van der Waals surface area (Å²) in [6, 6.07) is 17.8. The zero-order chi connectivity index (χ0) is 31.0. The lowest BCUT2D eigenvalue weighted by atomic mass is 10.1. The molecule has 0 aromatic heterocycles. The number of anilines is 1. The summed E-state index contributed by atoms with van der Waals surface area (Å²) in [7, 11) is -1.36. The van der Waals surface area contributed by atoms with Crippen LogP contribution in [0.2, 0.25) is 0 Å². The highest BCUT2D eigenvalue weighted by Crippen LogP contribution is 2.36. The average molecular weight is 596 g/mol. The lowest BCUT2D eigenvalue weighted by Crippen LogP contribution is -2.52. The molecule has 0 bridgehead atoms. The number of ether oxygens (including phenoxy) is 2. The van der Waals surface area contributed by atoms with Gasteiger partial charge in [0.25, 0.3) is 10.0 Å². The Hall–Kier alpha value is -4.05. The highest BCUT2D eigenvalue weighted by atomic mass is 32.2. The number of aryl methyl sites for hydroxylation is 2. The van der Waals surface area contributed by atoms with Gasteiger partial charge in [-0.3, -0.25) is 13.9 Å². The predicted molar refractivity (Wildman–Crippen MR) is 164 cm³/mol. The molecule has 3 aromatic rings. The number of benzene rings is 3. The van der Waals surface area contributed by atoms with Crippen LogP contribution in [0.4, 0.5) is 5.69 Å². The highest BCUT2D eigenvalue weighted by Gasteiger charge is 2.34. The molecule has 0 aliphatic rings. The number of nitrogens with one attached hydrogen (secondary N) is 1. The lowest BCUT2D eigenvalue weighted by molar-refractivity contribution is -0.139. The Morgan fingerprint density at radius 2 is 1.60 bits per heavy atom. The molecular weight excluding hydrogens is 554 g/mol. The van der Waals surface area contributed by atoms with E-state index in [1.807, 2.05) is 52.0 Å². The van der Waals surface area contributed by atoms with Gasteiger partial charge in [0.05, 0.1) is 24.8 Å². The summed E-state index contributed by atoms with van der Waals surface area (Å²) < 4.78 is 40.2. The van der Waals surface area contributed by atoms with Crippen molar-refractivity contribution in [2.45, 2.75) is 64.6 Å². The Morgan fingerprint density at radius 1 is 0.929 bits per heavy atom. The maximum Gasteiger partial charge on any atom is 0.264 e. The fraction of sp³-hybridized carbons (Fsp3) is 0.375. The SMILES string of the molecule is CCC(C)NC(=O)C(C)N(Cc1ccccc1C)C(=O)CN(c1cc(OC)ccc1OC)S(=O)(=O)c1ccc(C)cc1. The molecule has 0 saturated carbocycles. The molecule has 226 valence electrons. The third-order valence-corrected chi connectivity index (χ3v) is 9.09. The second kappa shape index (κ2) is 14.2. The van der Waals surface area contributed by atoms with Crippen LogP contribution < -0.4 is 19.1 Å². The highest BCUT2D eigenvalue weighted by molar-refractivity contribution is 7.92. The van der Waals surface area contributed by atoms with Crippen molar-refractivity contribution in [3.05, 3.63) is 83.4 Å². The average Bonchev–Trinajstić information content (AvgIpc) is 2.98. The Kier molecular flexibility index (Phi) is 11.0. The molecule has 9 nitrogen and oxygen atoms in total. The van der Waals surface area contributed by atoms with Gasteiger partial charge in [-0.15, -0.1) is 0 Å². The minimum atomic E-state index is -4.26. The van der Waals surface area contributed by atoms with E-state index in [-0.39, 0.29) is 34.8 Å². The van der Waals surface area contributed by atoms with Crippen molar-refractivity contribution in [3.8, 4) is 11.5 Å². The number of amides is 2. The van der Waals surface area contributed by atoms with Gasteiger partial charge in [0.2, 0.25) is 11.8 Å². The number of hydrogen-bond donors (Lipinski definition) is 1. The van der Waals surface area contributed by atoms with E-state index in [1.165, 1.54) is 37.3 Å². The number of rotatable bonds is 13. The van der Waals surface area contributed by atoms with Crippen molar-refractivity contribution >= 4 is 27.5 Å². The smallest absolute Gasteiger partial charge is 0.264 e. The lowest BCUT2D eigenvalue weighted by Gasteiger charge is -2.33. The van der Waals surface area contributed by atoms with E-state index in [9.17, 15) is 18.0 Å². The quantitative estimate of drug-likeness (QED) is 0.303. The first-order valence-electron chi connectivity index (χ1n) is 13.9. The number of hydrogen-bond acceptors (Lipinski definition) is 6. The van der Waals surface area contributed by atoms with Gasteiger partial charge in [-0.1, -0.05) is 48.9 Å². The summed E-state index contributed by atoms with van der Waals surface area (Å²) in [4.78, 5) is 28.9. The van der Waals surface area contributed by atoms with E-state index in [4.69, 9.17) is 9.47 Å². The van der Waals surface area contributed by atoms with Crippen LogP contribution in [0.25, 0.3) is 0 Å². The number of nitrogens with zero attached hydrogens (tertiary/aromatic N) is 2. The molecule has 1 N–H and O–H groups in total. The number of sulfonamides is 1. The summed E-state index contributed by atoms with van der Waals surface area (Å²) in [6.45, 7) is 8.83. The van der Waals surface area contributed by atoms with Crippen LogP contribution in [0, 0.1) is 13.8 Å². The first-order chi connectivity index (χ1) is 19.9. The van der Waals surface area contributed by atoms with E-state index in [0.29, 0.717) is 5.75 Å². The van der Waals surface area contributed by atoms with Crippen LogP contribution in [0.1, 0.15) is 43.9 Å². The van der Waals surface area contributed by atoms with Gasteiger partial charge in [0.15, 0.2) is 0 Å². The zero-order valence-electron chi connectivity index (χ0n) is 25.4. The first kappa shape index (κ1) is 32.5. The normalized spacial score (nSPS) is 12.6. The summed E-state index contributed by atoms with van der Waals surface area (Å²) >= 11 is 0. The Morgan fingerprint density at radius 3 is 2.19 bits per heavy atom. The standard InChI is InChI=1S/C32H41N3O6S/c1-8-24(4)33-32(37)25(5)34(20-26-12-10-9-11-23(26)3)31(36)21-35(29-19-27(40-6)15-18-30(29)41-7)42(38,39)28-16-13-22(2)14-17-28/h9-19,24-25H,8,20-21H2,1-7H3,(H,33,37). The van der Waals surface area contributed by atoms with Crippen LogP contribution in [0.15, 0.2) is 71.6 Å². The summed E-state index contributed by atoms with van der Waals surface area (Å²) in [5.74, 6) is -0.239. The van der Waals surface area contributed by atoms with Crippen molar-refractivity contribution in [3.63, 3.8) is 0 Å². The largest absolute Gasteiger partial charge is 0.497 e. The number of carbonyl (C=O) groups excluding carboxylic acids is 2. The minimum absolute atomic E-state index is 0.0128. The van der Waals surface area contributed by atoms with E-state index >= 15 is 0 Å². The Balaban J connectivity index is 2.13. The maximum absolute atomic E-state index is 14.2. The van der Waals surface area contributed by atoms with Gasteiger partial charge in [0, 0.05) is 18.7 Å². The summed E-state index contributed by atoms with van der Waals surface area (Å²) in [5.41, 5.74) is 2.82. The first-order valence-corrected chi connectivity index (χ1v) is 15.3. The van der Waals surface area contributed by atoms with E-state index in [2.05, 4.69) is 5.32 Å². The third-order valence-electron chi connectivity index (χ3n) is 7.31. The maximum atomic E-state index is 14.2. The molecule has 2 atom stereocenters. The van der Waals surface area contributed by atoms with E-state index in [1.54, 1.807) is 31.2 Å². The molecule has 3 rings (SSSR count). The van der Waals surface area contributed by atoms with Crippen LogP contribution >= 0.6 is 0 Å².